The van der Waals surface area contributed by atoms with E-state index < -0.39 is 0 Å². The lowest BCUT2D eigenvalue weighted by Gasteiger charge is -2.28. The lowest BCUT2D eigenvalue weighted by atomic mass is 10.2. The van der Waals surface area contributed by atoms with Crippen LogP contribution in [0.1, 0.15) is 11.3 Å². The molecule has 142 valence electrons. The Morgan fingerprint density at radius 2 is 1.89 bits per heavy atom. The predicted molar refractivity (Wildman–Crippen MR) is 107 cm³/mol. The number of imidazole rings is 1. The fourth-order valence-electron chi connectivity index (χ4n) is 3.12. The van der Waals surface area contributed by atoms with Crippen LogP contribution in [0.3, 0.4) is 0 Å². The van der Waals surface area contributed by atoms with Gasteiger partial charge in [-0.05, 0) is 25.5 Å². The van der Waals surface area contributed by atoms with Crippen molar-refractivity contribution in [1.82, 2.24) is 24.3 Å². The van der Waals surface area contributed by atoms with Gasteiger partial charge in [-0.15, -0.1) is 10.2 Å². The van der Waals surface area contributed by atoms with Crippen LogP contribution >= 0.6 is 11.8 Å². The number of aryl methyl sites for hydroxylation is 3. The molecule has 1 saturated heterocycles. The van der Waals surface area contributed by atoms with Crippen LogP contribution in [-0.2, 0) is 18.2 Å². The molecule has 1 aromatic carbocycles. The Bertz CT molecular complexity index is 882. The minimum Gasteiger partial charge on any atom is -0.378 e. The monoisotopic (exact) mass is 384 g/mol. The van der Waals surface area contributed by atoms with Gasteiger partial charge in [-0.3, -0.25) is 4.57 Å². The molecule has 0 N–H and O–H groups in total. The summed E-state index contributed by atoms with van der Waals surface area (Å²) in [6, 6.07) is 8.52. The van der Waals surface area contributed by atoms with Crippen molar-refractivity contribution in [2.45, 2.75) is 18.5 Å². The van der Waals surface area contributed by atoms with Gasteiger partial charge in [0.15, 0.2) is 5.16 Å². The Labute approximate surface area is 163 Å². The van der Waals surface area contributed by atoms with Crippen molar-refractivity contribution in [1.29, 1.82) is 0 Å². The smallest absolute Gasteiger partial charge is 0.232 e. The van der Waals surface area contributed by atoms with E-state index in [1.807, 2.05) is 19.6 Å². The van der Waals surface area contributed by atoms with Gasteiger partial charge in [-0.2, -0.15) is 0 Å². The van der Waals surface area contributed by atoms with E-state index in [4.69, 9.17) is 4.74 Å². The van der Waals surface area contributed by atoms with Crippen molar-refractivity contribution in [3.8, 4) is 5.69 Å². The van der Waals surface area contributed by atoms with E-state index >= 15 is 0 Å². The highest BCUT2D eigenvalue weighted by Gasteiger charge is 2.21. The molecule has 1 aliphatic rings. The molecule has 1 fully saturated rings. The normalized spacial score (nSPS) is 14.7. The Hall–Kier alpha value is -2.32. The van der Waals surface area contributed by atoms with Crippen LogP contribution in [0.15, 0.2) is 41.9 Å². The van der Waals surface area contributed by atoms with E-state index in [0.29, 0.717) is 0 Å². The molecule has 4 rings (SSSR count). The molecule has 8 heteroatoms. The van der Waals surface area contributed by atoms with Crippen molar-refractivity contribution in [3.05, 3.63) is 48.0 Å². The number of anilines is 1. The molecule has 0 bridgehead atoms. The number of hydrogen-bond donors (Lipinski definition) is 0. The fourth-order valence-corrected chi connectivity index (χ4v) is 4.02. The summed E-state index contributed by atoms with van der Waals surface area (Å²) in [5, 5.41) is 9.94. The average Bonchev–Trinajstić information content (AvgIpc) is 3.30. The van der Waals surface area contributed by atoms with Crippen molar-refractivity contribution in [3.63, 3.8) is 0 Å². The highest BCUT2D eigenvalue weighted by molar-refractivity contribution is 7.99. The number of morpholine rings is 1. The quantitative estimate of drug-likeness (QED) is 0.609. The number of nitrogens with zero attached hydrogens (tertiary/aromatic N) is 6. The Morgan fingerprint density at radius 3 is 2.59 bits per heavy atom. The first-order chi connectivity index (χ1) is 13.2. The van der Waals surface area contributed by atoms with Gasteiger partial charge < -0.3 is 14.2 Å². The number of thioether (sulfide) groups is 1. The summed E-state index contributed by atoms with van der Waals surface area (Å²) in [7, 11) is 2.03. The van der Waals surface area contributed by atoms with Crippen molar-refractivity contribution in [2.75, 3.05) is 37.0 Å². The van der Waals surface area contributed by atoms with E-state index in [9.17, 15) is 0 Å². The molecule has 0 unspecified atom stereocenters. The van der Waals surface area contributed by atoms with E-state index in [1.165, 1.54) is 11.3 Å². The number of aromatic nitrogens is 5. The molecule has 0 spiro atoms. The van der Waals surface area contributed by atoms with Crippen LogP contribution in [0.2, 0.25) is 0 Å². The third-order valence-electron chi connectivity index (χ3n) is 4.71. The molecular formula is C19H24N6OS. The van der Waals surface area contributed by atoms with Gasteiger partial charge in [0.05, 0.1) is 25.2 Å². The summed E-state index contributed by atoms with van der Waals surface area (Å²) in [5.41, 5.74) is 3.55. The lowest BCUT2D eigenvalue weighted by molar-refractivity contribution is 0.122. The number of hydrogen-bond acceptors (Lipinski definition) is 6. The molecule has 0 amide bonds. The van der Waals surface area contributed by atoms with Gasteiger partial charge in [-0.1, -0.05) is 29.5 Å². The molecule has 1 aliphatic heterocycles. The van der Waals surface area contributed by atoms with Gasteiger partial charge in [-0.25, -0.2) is 4.98 Å². The maximum absolute atomic E-state index is 5.49. The summed E-state index contributed by atoms with van der Waals surface area (Å²) in [6.45, 7) is 5.23. The average molecular weight is 385 g/mol. The number of benzene rings is 1. The molecular weight excluding hydrogens is 360 g/mol. The van der Waals surface area contributed by atoms with E-state index in [0.717, 1.165) is 55.3 Å². The lowest BCUT2D eigenvalue weighted by Crippen LogP contribution is -2.37. The molecule has 27 heavy (non-hydrogen) atoms. The summed E-state index contributed by atoms with van der Waals surface area (Å²) >= 11 is 1.73. The zero-order valence-electron chi connectivity index (χ0n) is 15.7. The first-order valence-electron chi connectivity index (χ1n) is 9.15. The molecule has 3 heterocycles. The second kappa shape index (κ2) is 8.14. The number of ether oxygens (including phenoxy) is 1. The summed E-state index contributed by atoms with van der Waals surface area (Å²) in [4.78, 5) is 6.44. The van der Waals surface area contributed by atoms with Crippen LogP contribution in [0.25, 0.3) is 5.69 Å². The predicted octanol–water partition coefficient (Wildman–Crippen LogP) is 2.48. The number of rotatable bonds is 6. The minimum absolute atomic E-state index is 0.726. The van der Waals surface area contributed by atoms with Crippen LogP contribution in [0.4, 0.5) is 5.95 Å². The van der Waals surface area contributed by atoms with E-state index in [2.05, 4.69) is 60.4 Å². The van der Waals surface area contributed by atoms with Crippen LogP contribution in [0, 0.1) is 6.92 Å². The summed E-state index contributed by atoms with van der Waals surface area (Å²) in [6.07, 6.45) is 4.70. The molecule has 3 aromatic rings. The fraction of sp³-hybridized carbons (Fsp3) is 0.421. The Morgan fingerprint density at radius 1 is 1.11 bits per heavy atom. The van der Waals surface area contributed by atoms with Gasteiger partial charge >= 0.3 is 0 Å². The largest absolute Gasteiger partial charge is 0.378 e. The highest BCUT2D eigenvalue weighted by Crippen LogP contribution is 2.27. The molecule has 7 nitrogen and oxygen atoms in total. The molecule has 0 aliphatic carbocycles. The second-order valence-corrected chi connectivity index (χ2v) is 7.71. The topological polar surface area (TPSA) is 61.0 Å². The maximum Gasteiger partial charge on any atom is 0.232 e. The van der Waals surface area contributed by atoms with Crippen LogP contribution in [0.5, 0.6) is 0 Å². The van der Waals surface area contributed by atoms with Crippen LogP contribution in [-0.4, -0.2) is 56.4 Å². The van der Waals surface area contributed by atoms with Crippen LogP contribution < -0.4 is 4.90 Å². The first-order valence-corrected chi connectivity index (χ1v) is 10.1. The van der Waals surface area contributed by atoms with Crippen molar-refractivity contribution < 1.29 is 4.74 Å². The third kappa shape index (κ3) is 4.01. The van der Waals surface area contributed by atoms with Crippen molar-refractivity contribution >= 4 is 17.7 Å². The molecule has 0 atom stereocenters. The highest BCUT2D eigenvalue weighted by atomic mass is 32.2. The standard InChI is InChI=1S/C19H24N6OS/c1-15-3-5-16(6-4-15)25-18(24-8-10-26-11-9-24)21-22-19(25)27-12-7-17-13-20-14-23(17)2/h3-6,13-14H,7-12H2,1-2H3. The Kier molecular flexibility index (Phi) is 5.45. The molecule has 2 aromatic heterocycles. The zero-order chi connectivity index (χ0) is 18.6. The molecule has 0 radical (unpaired) electrons. The summed E-state index contributed by atoms with van der Waals surface area (Å²) < 4.78 is 9.72. The molecule has 0 saturated carbocycles. The van der Waals surface area contributed by atoms with E-state index in [-0.39, 0.29) is 0 Å². The van der Waals surface area contributed by atoms with Gasteiger partial charge in [0.2, 0.25) is 5.95 Å². The SMILES string of the molecule is Cc1ccc(-n2c(SCCc3cncn3C)nnc2N2CCOCC2)cc1. The first kappa shape index (κ1) is 18.1. The van der Waals surface area contributed by atoms with Crippen molar-refractivity contribution in [2.24, 2.45) is 7.05 Å². The maximum atomic E-state index is 5.49. The van der Waals surface area contributed by atoms with Gasteiger partial charge in [0, 0.05) is 37.8 Å². The second-order valence-electron chi connectivity index (χ2n) is 6.65. The van der Waals surface area contributed by atoms with Gasteiger partial charge in [0.25, 0.3) is 0 Å². The Balaban J connectivity index is 1.59. The minimum atomic E-state index is 0.726. The zero-order valence-corrected chi connectivity index (χ0v) is 16.5. The third-order valence-corrected chi connectivity index (χ3v) is 5.64. The summed E-state index contributed by atoms with van der Waals surface area (Å²) in [5.74, 6) is 1.82. The van der Waals surface area contributed by atoms with E-state index in [1.54, 1.807) is 11.8 Å². The van der Waals surface area contributed by atoms with Gasteiger partial charge in [0.1, 0.15) is 0 Å².